The Bertz CT molecular complexity index is 489. The number of nitrogens with zero attached hydrogens (tertiary/aromatic N) is 1. The molecule has 1 aliphatic rings. The zero-order valence-corrected chi connectivity index (χ0v) is 13.7. The van der Waals surface area contributed by atoms with Crippen LogP contribution in [-0.2, 0) is 0 Å². The molecule has 0 bridgehead atoms. The van der Waals surface area contributed by atoms with E-state index in [4.69, 9.17) is 0 Å². The zero-order chi connectivity index (χ0) is 15.4. The lowest BCUT2D eigenvalue weighted by molar-refractivity contribution is 0.117. The maximum Gasteiger partial charge on any atom is 0.321 e. The predicted molar refractivity (Wildman–Crippen MR) is 87.8 cm³/mol. The maximum atomic E-state index is 12.2. The molecule has 1 aromatic carbocycles. The second-order valence-electron chi connectivity index (χ2n) is 5.88. The number of anilines is 1. The van der Waals surface area contributed by atoms with Gasteiger partial charge in [0.2, 0.25) is 0 Å². The van der Waals surface area contributed by atoms with Crippen molar-refractivity contribution in [2.75, 3.05) is 18.9 Å². The molecule has 116 valence electrons. The van der Waals surface area contributed by atoms with Gasteiger partial charge in [-0.1, -0.05) is 26.0 Å². The minimum atomic E-state index is -0.402. The molecule has 21 heavy (non-hydrogen) atoms. The van der Waals surface area contributed by atoms with Crippen molar-refractivity contribution in [3.05, 3.63) is 24.3 Å². The average Bonchev–Trinajstić information content (AvgIpc) is 3.24. The van der Waals surface area contributed by atoms with Crippen LogP contribution in [-0.4, -0.2) is 41.0 Å². The number of likely N-dealkylation sites (N-methyl/N-ethyl adjacent to an activating group) is 1. The Morgan fingerprint density at radius 2 is 2.10 bits per heavy atom. The largest absolute Gasteiger partial charge is 0.391 e. The minimum absolute atomic E-state index is 0.175. The monoisotopic (exact) mass is 308 g/mol. The molecule has 1 aliphatic carbocycles. The number of hydrogen-bond acceptors (Lipinski definition) is 3. The minimum Gasteiger partial charge on any atom is -0.391 e. The second kappa shape index (κ2) is 7.18. The van der Waals surface area contributed by atoms with Crippen LogP contribution in [0.3, 0.4) is 0 Å². The van der Waals surface area contributed by atoms with E-state index in [1.807, 2.05) is 24.3 Å². The van der Waals surface area contributed by atoms with Gasteiger partial charge in [0, 0.05) is 23.7 Å². The van der Waals surface area contributed by atoms with E-state index in [2.05, 4.69) is 19.2 Å². The molecule has 0 spiro atoms. The van der Waals surface area contributed by atoms with Crippen molar-refractivity contribution in [3.63, 3.8) is 0 Å². The van der Waals surface area contributed by atoms with Gasteiger partial charge in [0.05, 0.1) is 11.8 Å². The summed E-state index contributed by atoms with van der Waals surface area (Å²) in [5.74, 6) is 0.379. The fourth-order valence-electron chi connectivity index (χ4n) is 2.13. The predicted octanol–water partition coefficient (Wildman–Crippen LogP) is 3.42. The fourth-order valence-corrected chi connectivity index (χ4v) is 3.04. The van der Waals surface area contributed by atoms with E-state index in [0.717, 1.165) is 23.4 Å². The summed E-state index contributed by atoms with van der Waals surface area (Å²) in [6, 6.07) is 7.64. The number of urea groups is 1. The number of para-hydroxylation sites is 1. The quantitative estimate of drug-likeness (QED) is 0.792. The molecule has 0 aromatic heterocycles. The number of benzene rings is 1. The first kappa shape index (κ1) is 16.2. The van der Waals surface area contributed by atoms with Crippen molar-refractivity contribution in [2.24, 2.45) is 5.92 Å². The summed E-state index contributed by atoms with van der Waals surface area (Å²) in [5, 5.41) is 13.3. The molecule has 0 aliphatic heterocycles. The number of amides is 2. The molecule has 2 rings (SSSR count). The SMILES string of the molecule is CC(C)Sc1ccccc1NC(=O)N(C)CC(O)C1CC1. The summed E-state index contributed by atoms with van der Waals surface area (Å²) in [6.45, 7) is 4.64. The smallest absolute Gasteiger partial charge is 0.321 e. The van der Waals surface area contributed by atoms with Crippen LogP contribution in [0, 0.1) is 5.92 Å². The van der Waals surface area contributed by atoms with Crippen LogP contribution in [0.1, 0.15) is 26.7 Å². The third-order valence-electron chi connectivity index (χ3n) is 3.47. The summed E-state index contributed by atoms with van der Waals surface area (Å²) in [6.07, 6.45) is 1.75. The van der Waals surface area contributed by atoms with E-state index >= 15 is 0 Å². The third kappa shape index (κ3) is 4.93. The van der Waals surface area contributed by atoms with Crippen LogP contribution in [0.5, 0.6) is 0 Å². The summed E-state index contributed by atoms with van der Waals surface area (Å²) < 4.78 is 0. The van der Waals surface area contributed by atoms with Gasteiger partial charge in [-0.2, -0.15) is 0 Å². The lowest BCUT2D eigenvalue weighted by atomic mass is 10.2. The first-order valence-corrected chi connectivity index (χ1v) is 8.31. The highest BCUT2D eigenvalue weighted by Crippen LogP contribution is 2.33. The van der Waals surface area contributed by atoms with Crippen molar-refractivity contribution in [1.29, 1.82) is 0 Å². The van der Waals surface area contributed by atoms with Crippen molar-refractivity contribution < 1.29 is 9.90 Å². The molecule has 0 heterocycles. The van der Waals surface area contributed by atoms with Crippen molar-refractivity contribution in [2.45, 2.75) is 42.9 Å². The summed E-state index contributed by atoms with van der Waals surface area (Å²) in [5.41, 5.74) is 0.828. The number of aliphatic hydroxyl groups excluding tert-OH is 1. The van der Waals surface area contributed by atoms with Crippen molar-refractivity contribution >= 4 is 23.5 Å². The first-order chi connectivity index (χ1) is 9.97. The topological polar surface area (TPSA) is 52.6 Å². The zero-order valence-electron chi connectivity index (χ0n) is 12.9. The van der Waals surface area contributed by atoms with E-state index < -0.39 is 6.10 Å². The molecule has 1 unspecified atom stereocenters. The molecule has 1 fully saturated rings. The number of thioether (sulfide) groups is 1. The van der Waals surface area contributed by atoms with E-state index in [9.17, 15) is 9.90 Å². The normalized spacial score (nSPS) is 15.9. The van der Waals surface area contributed by atoms with Gasteiger partial charge in [0.15, 0.2) is 0 Å². The molecule has 5 heteroatoms. The Morgan fingerprint density at radius 3 is 2.71 bits per heavy atom. The highest BCUT2D eigenvalue weighted by molar-refractivity contribution is 8.00. The number of rotatable bonds is 6. The van der Waals surface area contributed by atoms with Crippen LogP contribution >= 0.6 is 11.8 Å². The molecule has 0 radical (unpaired) electrons. The molecular weight excluding hydrogens is 284 g/mol. The van der Waals surface area contributed by atoms with Gasteiger partial charge in [-0.25, -0.2) is 4.79 Å². The Balaban J connectivity index is 1.94. The summed E-state index contributed by atoms with van der Waals surface area (Å²) >= 11 is 1.72. The Morgan fingerprint density at radius 1 is 1.43 bits per heavy atom. The molecule has 0 saturated heterocycles. The van der Waals surface area contributed by atoms with E-state index in [0.29, 0.717) is 17.7 Å². The maximum absolute atomic E-state index is 12.2. The summed E-state index contributed by atoms with van der Waals surface area (Å²) in [4.78, 5) is 14.8. The highest BCUT2D eigenvalue weighted by Gasteiger charge is 2.31. The van der Waals surface area contributed by atoms with E-state index in [-0.39, 0.29) is 6.03 Å². The van der Waals surface area contributed by atoms with E-state index in [1.165, 1.54) is 0 Å². The molecule has 2 N–H and O–H groups in total. The molecule has 1 atom stereocenters. The van der Waals surface area contributed by atoms with Crippen LogP contribution in [0.15, 0.2) is 29.2 Å². The molecule has 1 saturated carbocycles. The third-order valence-corrected chi connectivity index (χ3v) is 4.55. The van der Waals surface area contributed by atoms with Crippen molar-refractivity contribution in [3.8, 4) is 0 Å². The Hall–Kier alpha value is -1.20. The van der Waals surface area contributed by atoms with Crippen LogP contribution < -0.4 is 5.32 Å². The Kier molecular flexibility index (Phi) is 5.53. The lowest BCUT2D eigenvalue weighted by Gasteiger charge is -2.22. The summed E-state index contributed by atoms with van der Waals surface area (Å²) in [7, 11) is 1.72. The van der Waals surface area contributed by atoms with Crippen LogP contribution in [0.2, 0.25) is 0 Å². The Labute approximate surface area is 130 Å². The number of hydrogen-bond donors (Lipinski definition) is 2. The van der Waals surface area contributed by atoms with Crippen LogP contribution in [0.4, 0.5) is 10.5 Å². The number of carbonyl (C=O) groups is 1. The number of aliphatic hydroxyl groups is 1. The van der Waals surface area contributed by atoms with Crippen LogP contribution in [0.25, 0.3) is 0 Å². The first-order valence-electron chi connectivity index (χ1n) is 7.43. The van der Waals surface area contributed by atoms with Gasteiger partial charge in [0.25, 0.3) is 0 Å². The highest BCUT2D eigenvalue weighted by atomic mass is 32.2. The van der Waals surface area contributed by atoms with Gasteiger partial charge in [-0.3, -0.25) is 0 Å². The van der Waals surface area contributed by atoms with E-state index in [1.54, 1.807) is 23.7 Å². The number of nitrogens with one attached hydrogen (secondary N) is 1. The number of carbonyl (C=O) groups excluding carboxylic acids is 1. The lowest BCUT2D eigenvalue weighted by Crippen LogP contribution is -2.38. The second-order valence-corrected chi connectivity index (χ2v) is 7.50. The average molecular weight is 308 g/mol. The van der Waals surface area contributed by atoms with Gasteiger partial charge in [0.1, 0.15) is 0 Å². The van der Waals surface area contributed by atoms with Gasteiger partial charge in [-0.05, 0) is 30.9 Å². The fraction of sp³-hybridized carbons (Fsp3) is 0.562. The van der Waals surface area contributed by atoms with Gasteiger partial charge < -0.3 is 15.3 Å². The van der Waals surface area contributed by atoms with Gasteiger partial charge in [-0.15, -0.1) is 11.8 Å². The molecule has 1 aromatic rings. The van der Waals surface area contributed by atoms with Crippen molar-refractivity contribution in [1.82, 2.24) is 4.90 Å². The molecule has 4 nitrogen and oxygen atoms in total. The standard InChI is InChI=1S/C16H24N2O2S/c1-11(2)21-15-7-5-4-6-13(15)17-16(20)18(3)10-14(19)12-8-9-12/h4-7,11-12,14,19H,8-10H2,1-3H3,(H,17,20). The molecular formula is C16H24N2O2S. The van der Waals surface area contributed by atoms with Gasteiger partial charge >= 0.3 is 6.03 Å². The molecule has 2 amide bonds.